The van der Waals surface area contributed by atoms with Crippen molar-refractivity contribution in [3.8, 4) is 5.75 Å². The molecule has 2 rings (SSSR count). The van der Waals surface area contributed by atoms with Crippen molar-refractivity contribution >= 4 is 28.8 Å². The fourth-order valence-corrected chi connectivity index (χ4v) is 2.51. The lowest BCUT2D eigenvalue weighted by Gasteiger charge is -2.08. The zero-order chi connectivity index (χ0) is 17.4. The number of nitro benzene ring substituents is 1. The molecule has 2 N–H and O–H groups in total. The van der Waals surface area contributed by atoms with Gasteiger partial charge in [0.15, 0.2) is 12.4 Å². The number of nitro groups is 1. The Bertz CT molecular complexity index is 718. The number of hydrazine groups is 1. The highest BCUT2D eigenvalue weighted by Gasteiger charge is 2.15. The van der Waals surface area contributed by atoms with Crippen molar-refractivity contribution in [2.24, 2.45) is 0 Å². The Labute approximate surface area is 141 Å². The molecule has 9 heteroatoms. The van der Waals surface area contributed by atoms with Crippen LogP contribution in [0.25, 0.3) is 0 Å². The summed E-state index contributed by atoms with van der Waals surface area (Å²) in [6.07, 6.45) is 0.831. The van der Waals surface area contributed by atoms with E-state index in [0.29, 0.717) is 6.42 Å². The second kappa shape index (κ2) is 8.63. The molecule has 0 saturated heterocycles. The van der Waals surface area contributed by atoms with E-state index in [2.05, 4.69) is 10.9 Å². The second-order valence-corrected chi connectivity index (χ2v) is 5.72. The predicted molar refractivity (Wildman–Crippen MR) is 87.5 cm³/mol. The topological polar surface area (TPSA) is 111 Å². The summed E-state index contributed by atoms with van der Waals surface area (Å²) < 4.78 is 5.11. The predicted octanol–water partition coefficient (Wildman–Crippen LogP) is 1.82. The van der Waals surface area contributed by atoms with Gasteiger partial charge in [0.1, 0.15) is 0 Å². The van der Waals surface area contributed by atoms with Gasteiger partial charge >= 0.3 is 5.69 Å². The van der Waals surface area contributed by atoms with Crippen LogP contribution in [-0.2, 0) is 16.0 Å². The van der Waals surface area contributed by atoms with Crippen LogP contribution in [0.4, 0.5) is 5.69 Å². The molecule has 126 valence electrons. The zero-order valence-corrected chi connectivity index (χ0v) is 13.4. The van der Waals surface area contributed by atoms with Crippen LogP contribution in [-0.4, -0.2) is 23.3 Å². The quantitative estimate of drug-likeness (QED) is 0.585. The number of nitrogens with one attached hydrogen (secondary N) is 2. The van der Waals surface area contributed by atoms with E-state index in [-0.39, 0.29) is 23.8 Å². The standard InChI is InChI=1S/C15H15N3O5S/c19-14(8-7-11-4-3-9-24-11)16-17-15(20)10-23-13-6-2-1-5-12(13)18(21)22/h1-6,9H,7-8,10H2,(H,16,19)(H,17,20). The number of hydrogen-bond donors (Lipinski definition) is 2. The average molecular weight is 349 g/mol. The number of carbonyl (C=O) groups is 2. The van der Waals surface area contributed by atoms with Crippen LogP contribution in [0.1, 0.15) is 11.3 Å². The van der Waals surface area contributed by atoms with Gasteiger partial charge in [-0.2, -0.15) is 0 Å². The Kier molecular flexibility index (Phi) is 6.26. The molecule has 2 aromatic rings. The molecule has 0 spiro atoms. The van der Waals surface area contributed by atoms with Crippen molar-refractivity contribution < 1.29 is 19.2 Å². The molecule has 0 fully saturated rings. The number of thiophene rings is 1. The molecular formula is C15H15N3O5S. The Morgan fingerprint density at radius 2 is 1.88 bits per heavy atom. The highest BCUT2D eigenvalue weighted by atomic mass is 32.1. The van der Waals surface area contributed by atoms with Crippen molar-refractivity contribution in [3.63, 3.8) is 0 Å². The Hall–Kier alpha value is -2.94. The summed E-state index contributed by atoms with van der Waals surface area (Å²) >= 11 is 1.56. The first-order valence-corrected chi connectivity index (χ1v) is 7.90. The van der Waals surface area contributed by atoms with E-state index in [0.717, 1.165) is 4.88 Å². The number of hydrogen-bond acceptors (Lipinski definition) is 6. The summed E-state index contributed by atoms with van der Waals surface area (Å²) in [4.78, 5) is 34.5. The van der Waals surface area contributed by atoms with Crippen LogP contribution in [0, 0.1) is 10.1 Å². The maximum absolute atomic E-state index is 11.6. The van der Waals surface area contributed by atoms with E-state index < -0.39 is 17.4 Å². The molecule has 0 aliphatic heterocycles. The summed E-state index contributed by atoms with van der Waals surface area (Å²) in [6, 6.07) is 9.56. The summed E-state index contributed by atoms with van der Waals surface area (Å²) in [5, 5.41) is 12.7. The number of rotatable bonds is 7. The Morgan fingerprint density at radius 1 is 1.12 bits per heavy atom. The van der Waals surface area contributed by atoms with Gasteiger partial charge in [-0.15, -0.1) is 11.3 Å². The van der Waals surface area contributed by atoms with Crippen LogP contribution < -0.4 is 15.6 Å². The number of benzene rings is 1. The summed E-state index contributed by atoms with van der Waals surface area (Å²) in [5.74, 6) is -0.957. The van der Waals surface area contributed by atoms with Gasteiger partial charge in [0.2, 0.25) is 5.91 Å². The first-order chi connectivity index (χ1) is 11.6. The molecule has 0 saturated carbocycles. The molecular weight excluding hydrogens is 334 g/mol. The average Bonchev–Trinajstić information content (AvgIpc) is 3.10. The normalized spacial score (nSPS) is 10.0. The summed E-state index contributed by atoms with van der Waals surface area (Å²) in [5.41, 5.74) is 4.24. The lowest BCUT2D eigenvalue weighted by molar-refractivity contribution is -0.385. The van der Waals surface area contributed by atoms with Gasteiger partial charge in [-0.3, -0.25) is 30.6 Å². The molecule has 0 radical (unpaired) electrons. The van der Waals surface area contributed by atoms with Gasteiger partial charge in [0.05, 0.1) is 4.92 Å². The largest absolute Gasteiger partial charge is 0.477 e. The molecule has 0 unspecified atom stereocenters. The van der Waals surface area contributed by atoms with E-state index >= 15 is 0 Å². The van der Waals surface area contributed by atoms with Gasteiger partial charge in [-0.05, 0) is 23.9 Å². The van der Waals surface area contributed by atoms with Crippen molar-refractivity contribution in [2.45, 2.75) is 12.8 Å². The Balaban J connectivity index is 1.71. The van der Waals surface area contributed by atoms with E-state index in [1.54, 1.807) is 17.4 Å². The maximum atomic E-state index is 11.6. The van der Waals surface area contributed by atoms with E-state index in [1.165, 1.54) is 18.2 Å². The zero-order valence-electron chi connectivity index (χ0n) is 12.6. The minimum absolute atomic E-state index is 0.0123. The van der Waals surface area contributed by atoms with Crippen molar-refractivity contribution in [3.05, 3.63) is 56.8 Å². The monoisotopic (exact) mass is 349 g/mol. The van der Waals surface area contributed by atoms with Gasteiger partial charge in [-0.1, -0.05) is 18.2 Å². The smallest absolute Gasteiger partial charge is 0.310 e. The minimum Gasteiger partial charge on any atom is -0.477 e. The van der Waals surface area contributed by atoms with Crippen molar-refractivity contribution in [1.29, 1.82) is 0 Å². The molecule has 0 atom stereocenters. The van der Waals surface area contributed by atoms with Crippen LogP contribution in [0.5, 0.6) is 5.75 Å². The third-order valence-electron chi connectivity index (χ3n) is 2.94. The van der Waals surface area contributed by atoms with Crippen LogP contribution in [0.3, 0.4) is 0 Å². The fraction of sp³-hybridized carbons (Fsp3) is 0.200. The molecule has 8 nitrogen and oxygen atoms in total. The van der Waals surface area contributed by atoms with Crippen LogP contribution in [0.15, 0.2) is 41.8 Å². The van der Waals surface area contributed by atoms with E-state index in [1.807, 2.05) is 17.5 Å². The number of nitrogens with zero attached hydrogens (tertiary/aromatic N) is 1. The van der Waals surface area contributed by atoms with Gasteiger partial charge in [0.25, 0.3) is 5.91 Å². The number of aryl methyl sites for hydroxylation is 1. The molecule has 0 aliphatic rings. The first-order valence-electron chi connectivity index (χ1n) is 7.02. The molecule has 1 aromatic carbocycles. The third-order valence-corrected chi connectivity index (χ3v) is 3.88. The minimum atomic E-state index is -0.613. The summed E-state index contributed by atoms with van der Waals surface area (Å²) in [6.45, 7) is -0.448. The number of ether oxygens (including phenoxy) is 1. The van der Waals surface area contributed by atoms with Crippen LogP contribution >= 0.6 is 11.3 Å². The molecule has 1 heterocycles. The van der Waals surface area contributed by atoms with Gasteiger partial charge < -0.3 is 4.74 Å². The molecule has 0 bridgehead atoms. The number of para-hydroxylation sites is 2. The second-order valence-electron chi connectivity index (χ2n) is 4.69. The van der Waals surface area contributed by atoms with E-state index in [4.69, 9.17) is 4.74 Å². The fourth-order valence-electron chi connectivity index (χ4n) is 1.80. The SMILES string of the molecule is O=C(CCc1cccs1)NNC(=O)COc1ccccc1[N+](=O)[O-]. The maximum Gasteiger partial charge on any atom is 0.310 e. The molecule has 1 aromatic heterocycles. The first kappa shape index (κ1) is 17.4. The highest BCUT2D eigenvalue weighted by molar-refractivity contribution is 7.09. The lowest BCUT2D eigenvalue weighted by atomic mass is 10.2. The lowest BCUT2D eigenvalue weighted by Crippen LogP contribution is -2.43. The number of carbonyl (C=O) groups excluding carboxylic acids is 2. The summed E-state index contributed by atoms with van der Waals surface area (Å²) in [7, 11) is 0. The van der Waals surface area contributed by atoms with Gasteiger partial charge in [-0.25, -0.2) is 0 Å². The van der Waals surface area contributed by atoms with Gasteiger partial charge in [0, 0.05) is 17.4 Å². The molecule has 0 aliphatic carbocycles. The van der Waals surface area contributed by atoms with Crippen LogP contribution in [0.2, 0.25) is 0 Å². The molecule has 24 heavy (non-hydrogen) atoms. The van der Waals surface area contributed by atoms with E-state index in [9.17, 15) is 19.7 Å². The van der Waals surface area contributed by atoms with Crippen molar-refractivity contribution in [2.75, 3.05) is 6.61 Å². The Morgan fingerprint density at radius 3 is 2.58 bits per heavy atom. The van der Waals surface area contributed by atoms with Crippen molar-refractivity contribution in [1.82, 2.24) is 10.9 Å². The number of amides is 2. The molecule has 2 amide bonds. The third kappa shape index (κ3) is 5.36. The highest BCUT2D eigenvalue weighted by Crippen LogP contribution is 2.25.